The fourth-order valence-electron chi connectivity index (χ4n) is 1.59. The lowest BCUT2D eigenvalue weighted by Crippen LogP contribution is -2.16. The van der Waals surface area contributed by atoms with Gasteiger partial charge >= 0.3 is 0 Å². The second-order valence-electron chi connectivity index (χ2n) is 3.90. The molecular formula is C11H14N4O2S. The van der Waals surface area contributed by atoms with Gasteiger partial charge in [-0.05, 0) is 24.6 Å². The molecule has 0 spiro atoms. The van der Waals surface area contributed by atoms with Crippen LogP contribution in [0.5, 0.6) is 0 Å². The Hall–Kier alpha value is -1.86. The van der Waals surface area contributed by atoms with Crippen molar-refractivity contribution in [1.82, 2.24) is 10.2 Å². The molecule has 0 atom stereocenters. The van der Waals surface area contributed by atoms with Crippen molar-refractivity contribution in [3.05, 3.63) is 41.6 Å². The molecule has 0 aliphatic carbocycles. The van der Waals surface area contributed by atoms with Crippen LogP contribution in [0, 0.1) is 6.92 Å². The maximum absolute atomic E-state index is 12.1. The molecule has 0 saturated heterocycles. The summed E-state index contributed by atoms with van der Waals surface area (Å²) in [6.07, 6.45) is 1.41. The Kier molecular flexibility index (Phi) is 3.35. The lowest BCUT2D eigenvalue weighted by Gasteiger charge is -2.08. The second-order valence-corrected chi connectivity index (χ2v) is 5.52. The molecule has 6 nitrogen and oxygen atoms in total. The fourth-order valence-corrected chi connectivity index (χ4v) is 2.79. The van der Waals surface area contributed by atoms with Crippen LogP contribution in [0.15, 0.2) is 35.5 Å². The number of hydrogen-bond acceptors (Lipinski definition) is 4. The number of anilines is 1. The number of rotatable bonds is 4. The van der Waals surface area contributed by atoms with Crippen molar-refractivity contribution in [3.8, 4) is 0 Å². The van der Waals surface area contributed by atoms with Crippen molar-refractivity contribution < 1.29 is 8.42 Å². The highest BCUT2D eigenvalue weighted by Gasteiger charge is 2.20. The van der Waals surface area contributed by atoms with Gasteiger partial charge in [-0.1, -0.05) is 12.1 Å². The number of sulfonamides is 1. The quantitative estimate of drug-likeness (QED) is 0.767. The van der Waals surface area contributed by atoms with E-state index in [0.717, 1.165) is 5.56 Å². The molecular weight excluding hydrogens is 252 g/mol. The summed E-state index contributed by atoms with van der Waals surface area (Å²) >= 11 is 0. The van der Waals surface area contributed by atoms with Crippen LogP contribution in [0.2, 0.25) is 0 Å². The van der Waals surface area contributed by atoms with Gasteiger partial charge in [-0.3, -0.25) is 9.82 Å². The highest BCUT2D eigenvalue weighted by Crippen LogP contribution is 2.17. The van der Waals surface area contributed by atoms with Crippen molar-refractivity contribution in [3.63, 3.8) is 0 Å². The molecule has 0 aliphatic rings. The first kappa shape index (κ1) is 12.6. The Balaban J connectivity index is 2.33. The third-order valence-corrected chi connectivity index (χ3v) is 3.83. The molecule has 7 heteroatoms. The molecule has 4 N–H and O–H groups in total. The number of benzene rings is 1. The Morgan fingerprint density at radius 1 is 1.44 bits per heavy atom. The summed E-state index contributed by atoms with van der Waals surface area (Å²) in [7, 11) is -3.68. The molecule has 0 unspecified atom stereocenters. The van der Waals surface area contributed by atoms with Crippen LogP contribution >= 0.6 is 0 Å². The zero-order chi connectivity index (χ0) is 13.2. The van der Waals surface area contributed by atoms with Crippen LogP contribution in [0.4, 0.5) is 5.69 Å². The summed E-state index contributed by atoms with van der Waals surface area (Å²) in [5.74, 6) is 0. The molecule has 0 saturated carbocycles. The highest BCUT2D eigenvalue weighted by molar-refractivity contribution is 7.92. The molecule has 1 aromatic heterocycles. The molecule has 2 aromatic rings. The zero-order valence-corrected chi connectivity index (χ0v) is 10.7. The van der Waals surface area contributed by atoms with Crippen molar-refractivity contribution in [2.75, 3.05) is 4.72 Å². The Morgan fingerprint density at radius 2 is 2.22 bits per heavy atom. The largest absolute Gasteiger partial charge is 0.326 e. The Bertz CT molecular complexity index is 649. The Labute approximate surface area is 105 Å². The summed E-state index contributed by atoms with van der Waals surface area (Å²) in [6, 6.07) is 7.10. The predicted molar refractivity (Wildman–Crippen MR) is 68.5 cm³/mol. The van der Waals surface area contributed by atoms with Crippen molar-refractivity contribution in [2.24, 2.45) is 5.73 Å². The number of nitrogens with one attached hydrogen (secondary N) is 2. The first-order chi connectivity index (χ1) is 8.53. The van der Waals surface area contributed by atoms with E-state index >= 15 is 0 Å². The number of nitrogens with two attached hydrogens (primary N) is 1. The summed E-state index contributed by atoms with van der Waals surface area (Å²) in [5, 5.41) is 6.15. The number of hydrogen-bond donors (Lipinski definition) is 3. The van der Waals surface area contributed by atoms with Crippen LogP contribution in [0.3, 0.4) is 0 Å². The third kappa shape index (κ3) is 2.52. The molecule has 0 bridgehead atoms. The van der Waals surface area contributed by atoms with Gasteiger partial charge in [0, 0.05) is 17.8 Å². The van der Waals surface area contributed by atoms with Gasteiger partial charge in [0.25, 0.3) is 10.0 Å². The van der Waals surface area contributed by atoms with E-state index in [-0.39, 0.29) is 11.6 Å². The average molecular weight is 266 g/mol. The molecule has 0 aliphatic heterocycles. The minimum atomic E-state index is -3.68. The monoisotopic (exact) mass is 266 g/mol. The highest BCUT2D eigenvalue weighted by atomic mass is 32.2. The van der Waals surface area contributed by atoms with Crippen molar-refractivity contribution in [2.45, 2.75) is 18.5 Å². The first-order valence-electron chi connectivity index (χ1n) is 5.35. The molecule has 96 valence electrons. The minimum Gasteiger partial charge on any atom is -0.326 e. The summed E-state index contributed by atoms with van der Waals surface area (Å²) < 4.78 is 26.7. The van der Waals surface area contributed by atoms with E-state index in [1.807, 2.05) is 13.0 Å². The van der Waals surface area contributed by atoms with Crippen molar-refractivity contribution >= 4 is 15.7 Å². The van der Waals surface area contributed by atoms with Gasteiger partial charge in [-0.25, -0.2) is 0 Å². The second kappa shape index (κ2) is 4.79. The van der Waals surface area contributed by atoms with E-state index < -0.39 is 10.0 Å². The van der Waals surface area contributed by atoms with E-state index in [2.05, 4.69) is 14.9 Å². The lowest BCUT2D eigenvalue weighted by molar-refractivity contribution is 0.596. The Morgan fingerprint density at radius 3 is 2.89 bits per heavy atom. The van der Waals surface area contributed by atoms with Crippen LogP contribution in [-0.2, 0) is 16.6 Å². The van der Waals surface area contributed by atoms with Crippen LogP contribution in [-0.4, -0.2) is 18.6 Å². The molecule has 18 heavy (non-hydrogen) atoms. The first-order valence-corrected chi connectivity index (χ1v) is 6.83. The SMILES string of the molecule is Cc1cccc(NS(=O)(=O)c2[nH]ncc2CN)c1. The molecule has 2 rings (SSSR count). The van der Waals surface area contributed by atoms with Gasteiger partial charge in [0.05, 0.1) is 6.20 Å². The fraction of sp³-hybridized carbons (Fsp3) is 0.182. The number of aromatic nitrogens is 2. The van der Waals surface area contributed by atoms with Gasteiger partial charge in [-0.2, -0.15) is 13.5 Å². The van der Waals surface area contributed by atoms with Crippen molar-refractivity contribution in [1.29, 1.82) is 0 Å². The molecule has 0 fully saturated rings. The zero-order valence-electron chi connectivity index (χ0n) is 9.84. The summed E-state index contributed by atoms with van der Waals surface area (Å²) in [6.45, 7) is 2.00. The number of aryl methyl sites for hydroxylation is 1. The minimum absolute atomic E-state index is 0.00602. The molecule has 0 radical (unpaired) electrons. The maximum atomic E-state index is 12.1. The van der Waals surface area contributed by atoms with E-state index in [9.17, 15) is 8.42 Å². The van der Waals surface area contributed by atoms with Gasteiger partial charge in [0.15, 0.2) is 5.03 Å². The number of nitrogens with zero attached hydrogens (tertiary/aromatic N) is 1. The number of H-pyrrole nitrogens is 1. The van der Waals surface area contributed by atoms with Crippen LogP contribution in [0.1, 0.15) is 11.1 Å². The van der Waals surface area contributed by atoms with E-state index in [4.69, 9.17) is 5.73 Å². The topological polar surface area (TPSA) is 101 Å². The van der Waals surface area contributed by atoms with E-state index in [1.165, 1.54) is 6.20 Å². The standard InChI is InChI=1S/C11H14N4O2S/c1-8-3-2-4-10(5-8)15-18(16,17)11-9(6-12)7-13-14-11/h2-5,7,15H,6,12H2,1H3,(H,13,14). The third-order valence-electron chi connectivity index (χ3n) is 2.44. The number of aromatic amines is 1. The van der Waals surface area contributed by atoms with Gasteiger partial charge in [0.1, 0.15) is 0 Å². The smallest absolute Gasteiger partial charge is 0.279 e. The van der Waals surface area contributed by atoms with E-state index in [1.54, 1.807) is 18.2 Å². The van der Waals surface area contributed by atoms with Crippen LogP contribution < -0.4 is 10.5 Å². The van der Waals surface area contributed by atoms with Crippen LogP contribution in [0.25, 0.3) is 0 Å². The predicted octanol–water partition coefficient (Wildman–Crippen LogP) is 0.978. The van der Waals surface area contributed by atoms with E-state index in [0.29, 0.717) is 11.3 Å². The normalized spacial score (nSPS) is 11.4. The van der Waals surface area contributed by atoms with Gasteiger partial charge in [0.2, 0.25) is 0 Å². The van der Waals surface area contributed by atoms with Gasteiger partial charge in [-0.15, -0.1) is 0 Å². The lowest BCUT2D eigenvalue weighted by atomic mass is 10.2. The average Bonchev–Trinajstić information content (AvgIpc) is 2.77. The molecule has 1 aromatic carbocycles. The van der Waals surface area contributed by atoms with Gasteiger partial charge < -0.3 is 5.73 Å². The molecule has 0 amide bonds. The summed E-state index contributed by atoms with van der Waals surface area (Å²) in [4.78, 5) is 0. The maximum Gasteiger partial charge on any atom is 0.279 e. The molecule has 1 heterocycles. The summed E-state index contributed by atoms with van der Waals surface area (Å²) in [5.41, 5.74) is 7.39.